The van der Waals surface area contributed by atoms with Gasteiger partial charge in [-0.3, -0.25) is 9.80 Å². The molecule has 2 aromatic rings. The smallest absolute Gasteiger partial charge is 0.159 e. The Morgan fingerprint density at radius 1 is 0.923 bits per heavy atom. The first-order chi connectivity index (χ1) is 12.6. The molecule has 0 amide bonds. The molecule has 2 aliphatic rings. The van der Waals surface area contributed by atoms with Crippen LogP contribution in [0, 0.1) is 11.6 Å². The molecule has 4 rings (SSSR count). The molecule has 1 aromatic heterocycles. The largest absolute Gasteiger partial charge is 0.328 e. The molecule has 1 saturated heterocycles. The van der Waals surface area contributed by atoms with Crippen molar-refractivity contribution in [3.63, 3.8) is 0 Å². The average Bonchev–Trinajstić information content (AvgIpc) is 3.02. The number of likely N-dealkylation sites (N-methyl/N-ethyl adjacent to an activating group) is 1. The topological polar surface area (TPSA) is 27.5 Å². The summed E-state index contributed by atoms with van der Waals surface area (Å²) in [5.41, 5.74) is 2.07. The van der Waals surface area contributed by atoms with Crippen LogP contribution in [0.3, 0.4) is 0 Å². The Hall–Kier alpha value is -1.83. The molecular formula is C19H25F2N5. The van der Waals surface area contributed by atoms with Gasteiger partial charge in [0, 0.05) is 58.6 Å². The molecule has 0 N–H and O–H groups in total. The fourth-order valence-corrected chi connectivity index (χ4v) is 3.77. The van der Waals surface area contributed by atoms with Crippen LogP contribution in [-0.2, 0) is 26.2 Å². The number of halogens is 2. The molecule has 1 aromatic carbocycles. The van der Waals surface area contributed by atoms with E-state index in [1.807, 2.05) is 6.20 Å². The predicted molar refractivity (Wildman–Crippen MR) is 95.5 cm³/mol. The predicted octanol–water partition coefficient (Wildman–Crippen LogP) is 1.92. The Morgan fingerprint density at radius 3 is 2.46 bits per heavy atom. The average molecular weight is 361 g/mol. The van der Waals surface area contributed by atoms with Gasteiger partial charge < -0.3 is 9.47 Å². The minimum atomic E-state index is -0.795. The van der Waals surface area contributed by atoms with Crippen molar-refractivity contribution in [1.29, 1.82) is 0 Å². The summed E-state index contributed by atoms with van der Waals surface area (Å²) >= 11 is 0. The van der Waals surface area contributed by atoms with Gasteiger partial charge in [-0.05, 0) is 24.7 Å². The third-order valence-electron chi connectivity index (χ3n) is 5.40. The van der Waals surface area contributed by atoms with E-state index in [0.717, 1.165) is 63.7 Å². The van der Waals surface area contributed by atoms with E-state index in [4.69, 9.17) is 0 Å². The van der Waals surface area contributed by atoms with Crippen molar-refractivity contribution in [3.8, 4) is 0 Å². The van der Waals surface area contributed by atoms with E-state index in [2.05, 4.69) is 31.3 Å². The van der Waals surface area contributed by atoms with Crippen molar-refractivity contribution in [3.05, 3.63) is 53.1 Å². The van der Waals surface area contributed by atoms with E-state index in [-0.39, 0.29) is 0 Å². The monoisotopic (exact) mass is 361 g/mol. The molecule has 7 heteroatoms. The lowest BCUT2D eigenvalue weighted by Gasteiger charge is -2.33. The van der Waals surface area contributed by atoms with Crippen LogP contribution in [0.15, 0.2) is 24.4 Å². The summed E-state index contributed by atoms with van der Waals surface area (Å²) in [5.74, 6) is -0.519. The van der Waals surface area contributed by atoms with Crippen LogP contribution in [0.1, 0.15) is 17.1 Å². The maximum atomic E-state index is 13.4. The molecule has 2 aliphatic heterocycles. The number of piperazine rings is 1. The summed E-state index contributed by atoms with van der Waals surface area (Å²) in [6, 6.07) is 4.14. The Kier molecular flexibility index (Phi) is 5.02. The van der Waals surface area contributed by atoms with E-state index in [0.29, 0.717) is 6.54 Å². The molecule has 140 valence electrons. The van der Waals surface area contributed by atoms with Gasteiger partial charge >= 0.3 is 0 Å². The number of rotatable bonds is 4. The van der Waals surface area contributed by atoms with Crippen molar-refractivity contribution in [2.24, 2.45) is 0 Å². The molecule has 0 atom stereocenters. The van der Waals surface area contributed by atoms with Gasteiger partial charge in [-0.25, -0.2) is 13.8 Å². The number of nitrogens with zero attached hydrogens (tertiary/aromatic N) is 5. The third-order valence-corrected chi connectivity index (χ3v) is 5.40. The Labute approximate surface area is 152 Å². The van der Waals surface area contributed by atoms with Crippen LogP contribution >= 0.6 is 0 Å². The second kappa shape index (κ2) is 7.42. The van der Waals surface area contributed by atoms with Crippen LogP contribution in [0.25, 0.3) is 0 Å². The Morgan fingerprint density at radius 2 is 1.69 bits per heavy atom. The molecule has 0 aliphatic carbocycles. The first-order valence-corrected chi connectivity index (χ1v) is 9.19. The lowest BCUT2D eigenvalue weighted by atomic mass is 10.2. The quantitative estimate of drug-likeness (QED) is 0.832. The zero-order valence-electron chi connectivity index (χ0n) is 15.2. The molecule has 0 bridgehead atoms. The van der Waals surface area contributed by atoms with Crippen LogP contribution in [0.5, 0.6) is 0 Å². The normalized spacial score (nSPS) is 19.7. The highest BCUT2D eigenvalue weighted by Gasteiger charge is 2.22. The number of imidazole rings is 1. The van der Waals surface area contributed by atoms with E-state index in [1.54, 1.807) is 6.07 Å². The number of aromatic nitrogens is 2. The molecule has 3 heterocycles. The number of fused-ring (bicyclic) bond motifs is 1. The summed E-state index contributed by atoms with van der Waals surface area (Å²) in [4.78, 5) is 11.7. The first kappa shape index (κ1) is 17.6. The van der Waals surface area contributed by atoms with Crippen LogP contribution in [-0.4, -0.2) is 64.0 Å². The van der Waals surface area contributed by atoms with E-state index < -0.39 is 11.6 Å². The van der Waals surface area contributed by atoms with Gasteiger partial charge in [0.15, 0.2) is 11.6 Å². The van der Waals surface area contributed by atoms with Crippen molar-refractivity contribution in [2.75, 3.05) is 39.8 Å². The van der Waals surface area contributed by atoms with Gasteiger partial charge in [0.1, 0.15) is 5.82 Å². The van der Waals surface area contributed by atoms with Gasteiger partial charge in [0.2, 0.25) is 0 Å². The molecule has 26 heavy (non-hydrogen) atoms. The van der Waals surface area contributed by atoms with Crippen molar-refractivity contribution in [1.82, 2.24) is 24.3 Å². The molecule has 1 fully saturated rings. The lowest BCUT2D eigenvalue weighted by molar-refractivity contribution is 0.143. The molecular weight excluding hydrogens is 336 g/mol. The first-order valence-electron chi connectivity index (χ1n) is 9.19. The third kappa shape index (κ3) is 3.79. The van der Waals surface area contributed by atoms with Crippen LogP contribution in [0.2, 0.25) is 0 Å². The number of hydrogen-bond acceptors (Lipinski definition) is 4. The van der Waals surface area contributed by atoms with E-state index in [9.17, 15) is 8.78 Å². The van der Waals surface area contributed by atoms with E-state index in [1.165, 1.54) is 17.8 Å². The minimum absolute atomic E-state index is 0.609. The van der Waals surface area contributed by atoms with Crippen molar-refractivity contribution in [2.45, 2.75) is 26.2 Å². The van der Waals surface area contributed by atoms with Gasteiger partial charge in [0.25, 0.3) is 0 Å². The summed E-state index contributed by atoms with van der Waals surface area (Å²) in [6.07, 6.45) is 1.99. The van der Waals surface area contributed by atoms with Crippen LogP contribution < -0.4 is 0 Å². The Balaban J connectivity index is 1.38. The Bertz CT molecular complexity index is 767. The standard InChI is InChI=1S/C19H25F2N5/c1-23-4-6-24(7-5-23)13-16-11-22-19-14-25(8-9-26(16)19)12-15-2-3-17(20)18(21)10-15/h2-3,10-11H,4-9,12-14H2,1H3. The van der Waals surface area contributed by atoms with Gasteiger partial charge in [-0.1, -0.05) is 6.07 Å². The number of hydrogen-bond donors (Lipinski definition) is 0. The second-order valence-electron chi connectivity index (χ2n) is 7.36. The maximum Gasteiger partial charge on any atom is 0.159 e. The SMILES string of the molecule is CN1CCN(Cc2cnc3n2CCN(Cc2ccc(F)c(F)c2)C3)CC1. The molecule has 0 spiro atoms. The summed E-state index contributed by atoms with van der Waals surface area (Å²) in [5, 5.41) is 0. The second-order valence-corrected chi connectivity index (χ2v) is 7.36. The maximum absolute atomic E-state index is 13.4. The minimum Gasteiger partial charge on any atom is -0.328 e. The highest BCUT2D eigenvalue weighted by atomic mass is 19.2. The summed E-state index contributed by atoms with van der Waals surface area (Å²) in [7, 11) is 2.17. The fraction of sp³-hybridized carbons (Fsp3) is 0.526. The molecule has 0 saturated carbocycles. The van der Waals surface area contributed by atoms with Crippen LogP contribution in [0.4, 0.5) is 8.78 Å². The van der Waals surface area contributed by atoms with Gasteiger partial charge in [0.05, 0.1) is 12.2 Å². The highest BCUT2D eigenvalue weighted by Crippen LogP contribution is 2.19. The van der Waals surface area contributed by atoms with E-state index >= 15 is 0 Å². The summed E-state index contributed by atoms with van der Waals surface area (Å²) in [6.45, 7) is 8.49. The van der Waals surface area contributed by atoms with Gasteiger partial charge in [-0.15, -0.1) is 0 Å². The van der Waals surface area contributed by atoms with Crippen molar-refractivity contribution < 1.29 is 8.78 Å². The number of benzene rings is 1. The zero-order valence-corrected chi connectivity index (χ0v) is 15.2. The van der Waals surface area contributed by atoms with Gasteiger partial charge in [-0.2, -0.15) is 0 Å². The highest BCUT2D eigenvalue weighted by molar-refractivity contribution is 5.18. The fourth-order valence-electron chi connectivity index (χ4n) is 3.77. The lowest BCUT2D eigenvalue weighted by Crippen LogP contribution is -2.44. The molecule has 5 nitrogen and oxygen atoms in total. The summed E-state index contributed by atoms with van der Waals surface area (Å²) < 4.78 is 28.8. The molecule has 0 unspecified atom stereocenters. The van der Waals surface area contributed by atoms with Crippen molar-refractivity contribution >= 4 is 0 Å². The zero-order chi connectivity index (χ0) is 18.1. The molecule has 0 radical (unpaired) electrons.